The first kappa shape index (κ1) is 13.5. The second-order valence-electron chi connectivity index (χ2n) is 4.20. The maximum Gasteiger partial charge on any atom is 0.312 e. The zero-order chi connectivity index (χ0) is 11.2. The number of carbonyl (C=O) groups is 1. The third kappa shape index (κ3) is 3.00. The summed E-state index contributed by atoms with van der Waals surface area (Å²) in [7, 11) is 0. The van der Waals surface area contributed by atoms with Crippen LogP contribution in [0, 0.1) is 11.3 Å². The van der Waals surface area contributed by atoms with E-state index in [0.717, 1.165) is 19.3 Å². The molecule has 2 heteroatoms. The largest absolute Gasteiger partial charge is 0.466 e. The van der Waals surface area contributed by atoms with Crippen molar-refractivity contribution in [2.45, 2.75) is 53.9 Å². The Balaban J connectivity index is 4.60. The molecule has 84 valence electrons. The molecule has 2 atom stereocenters. The van der Waals surface area contributed by atoms with E-state index in [9.17, 15) is 4.79 Å². The molecule has 0 aliphatic heterocycles. The average Bonchev–Trinajstić information content (AvgIpc) is 2.17. The van der Waals surface area contributed by atoms with Crippen LogP contribution in [0.1, 0.15) is 53.9 Å². The molecular weight excluding hydrogens is 176 g/mol. The maximum atomic E-state index is 11.8. The fourth-order valence-electron chi connectivity index (χ4n) is 1.82. The molecule has 0 bridgehead atoms. The lowest BCUT2D eigenvalue weighted by molar-refractivity contribution is -0.158. The van der Waals surface area contributed by atoms with Gasteiger partial charge in [-0.05, 0) is 26.2 Å². The minimum Gasteiger partial charge on any atom is -0.466 e. The van der Waals surface area contributed by atoms with Crippen molar-refractivity contribution >= 4 is 5.97 Å². The van der Waals surface area contributed by atoms with Crippen LogP contribution < -0.4 is 0 Å². The number of carbonyl (C=O) groups excluding carboxylic acids is 1. The predicted octanol–water partition coefficient (Wildman–Crippen LogP) is 3.40. The lowest BCUT2D eigenvalue weighted by Crippen LogP contribution is -2.36. The Hall–Kier alpha value is -0.530. The Morgan fingerprint density at radius 2 is 1.93 bits per heavy atom. The third-order valence-electron chi connectivity index (χ3n) is 3.21. The van der Waals surface area contributed by atoms with Crippen molar-refractivity contribution in [3.05, 3.63) is 0 Å². The van der Waals surface area contributed by atoms with Crippen molar-refractivity contribution in [1.29, 1.82) is 0 Å². The summed E-state index contributed by atoms with van der Waals surface area (Å²) in [6.45, 7) is 10.7. The molecular formula is C12H24O2. The highest BCUT2D eigenvalue weighted by molar-refractivity contribution is 5.76. The molecule has 0 N–H and O–H groups in total. The number of rotatable bonds is 6. The van der Waals surface area contributed by atoms with Crippen LogP contribution in [-0.4, -0.2) is 12.6 Å². The molecule has 0 aliphatic rings. The van der Waals surface area contributed by atoms with Gasteiger partial charge in [0.1, 0.15) is 0 Å². The summed E-state index contributed by atoms with van der Waals surface area (Å²) < 4.78 is 5.14. The Morgan fingerprint density at radius 3 is 2.29 bits per heavy atom. The molecule has 0 aromatic carbocycles. The van der Waals surface area contributed by atoms with Crippen LogP contribution in [0.15, 0.2) is 0 Å². The second-order valence-corrected chi connectivity index (χ2v) is 4.20. The lowest BCUT2D eigenvalue weighted by Gasteiger charge is -2.32. The summed E-state index contributed by atoms with van der Waals surface area (Å²) in [5.74, 6) is 0.359. The summed E-state index contributed by atoms with van der Waals surface area (Å²) >= 11 is 0. The molecule has 0 aromatic rings. The van der Waals surface area contributed by atoms with E-state index in [1.165, 1.54) is 0 Å². The van der Waals surface area contributed by atoms with E-state index in [-0.39, 0.29) is 11.4 Å². The SMILES string of the molecule is CCCC(C)(C(=O)OCC)C(C)CC. The number of esters is 1. The van der Waals surface area contributed by atoms with Gasteiger partial charge in [-0.25, -0.2) is 0 Å². The average molecular weight is 200 g/mol. The minimum absolute atomic E-state index is 0.0313. The topological polar surface area (TPSA) is 26.3 Å². The van der Waals surface area contributed by atoms with E-state index in [2.05, 4.69) is 20.8 Å². The van der Waals surface area contributed by atoms with Gasteiger partial charge in [-0.1, -0.05) is 33.6 Å². The van der Waals surface area contributed by atoms with Crippen LogP contribution >= 0.6 is 0 Å². The van der Waals surface area contributed by atoms with Crippen molar-refractivity contribution in [3.63, 3.8) is 0 Å². The Morgan fingerprint density at radius 1 is 1.36 bits per heavy atom. The molecule has 14 heavy (non-hydrogen) atoms. The zero-order valence-electron chi connectivity index (χ0n) is 10.2. The fraction of sp³-hybridized carbons (Fsp3) is 0.917. The van der Waals surface area contributed by atoms with Gasteiger partial charge in [-0.15, -0.1) is 0 Å². The molecule has 2 nitrogen and oxygen atoms in total. The first-order valence-corrected chi connectivity index (χ1v) is 5.70. The van der Waals surface area contributed by atoms with Gasteiger partial charge in [0.2, 0.25) is 0 Å². The molecule has 0 amide bonds. The van der Waals surface area contributed by atoms with Gasteiger partial charge in [0.25, 0.3) is 0 Å². The number of hydrogen-bond donors (Lipinski definition) is 0. The van der Waals surface area contributed by atoms with E-state index in [4.69, 9.17) is 4.74 Å². The Kier molecular flexibility index (Phi) is 5.82. The lowest BCUT2D eigenvalue weighted by atomic mass is 9.73. The summed E-state index contributed by atoms with van der Waals surface area (Å²) in [6, 6.07) is 0. The molecule has 0 radical (unpaired) electrons. The van der Waals surface area contributed by atoms with Gasteiger partial charge in [-0.2, -0.15) is 0 Å². The highest BCUT2D eigenvalue weighted by atomic mass is 16.5. The molecule has 0 fully saturated rings. The molecule has 0 heterocycles. The third-order valence-corrected chi connectivity index (χ3v) is 3.21. The molecule has 0 saturated heterocycles. The van der Waals surface area contributed by atoms with Gasteiger partial charge in [0.05, 0.1) is 12.0 Å². The van der Waals surface area contributed by atoms with Gasteiger partial charge in [0.15, 0.2) is 0 Å². The van der Waals surface area contributed by atoms with Crippen molar-refractivity contribution in [2.75, 3.05) is 6.61 Å². The fourth-order valence-corrected chi connectivity index (χ4v) is 1.82. The second kappa shape index (κ2) is 6.05. The quantitative estimate of drug-likeness (QED) is 0.614. The van der Waals surface area contributed by atoms with Crippen molar-refractivity contribution in [1.82, 2.24) is 0 Å². The van der Waals surface area contributed by atoms with Crippen LogP contribution in [0.4, 0.5) is 0 Å². The van der Waals surface area contributed by atoms with Crippen molar-refractivity contribution < 1.29 is 9.53 Å². The van der Waals surface area contributed by atoms with E-state index in [1.807, 2.05) is 13.8 Å². The predicted molar refractivity (Wildman–Crippen MR) is 59.1 cm³/mol. The normalized spacial score (nSPS) is 17.2. The number of ether oxygens (including phenoxy) is 1. The Bertz CT molecular complexity index is 177. The smallest absolute Gasteiger partial charge is 0.312 e. The maximum absolute atomic E-state index is 11.8. The van der Waals surface area contributed by atoms with Crippen LogP contribution in [0.25, 0.3) is 0 Å². The van der Waals surface area contributed by atoms with Crippen LogP contribution in [0.3, 0.4) is 0 Å². The molecule has 0 aromatic heterocycles. The highest BCUT2D eigenvalue weighted by Crippen LogP contribution is 2.35. The summed E-state index contributed by atoms with van der Waals surface area (Å²) in [4.78, 5) is 11.8. The molecule has 2 unspecified atom stereocenters. The van der Waals surface area contributed by atoms with E-state index in [1.54, 1.807) is 0 Å². The van der Waals surface area contributed by atoms with Gasteiger partial charge in [-0.3, -0.25) is 4.79 Å². The highest BCUT2D eigenvalue weighted by Gasteiger charge is 2.38. The zero-order valence-corrected chi connectivity index (χ0v) is 10.2. The van der Waals surface area contributed by atoms with Crippen LogP contribution in [0.5, 0.6) is 0 Å². The monoisotopic (exact) mass is 200 g/mol. The van der Waals surface area contributed by atoms with Crippen molar-refractivity contribution in [3.8, 4) is 0 Å². The standard InChI is InChI=1S/C12H24O2/c1-6-9-12(5,10(4)7-2)11(13)14-8-3/h10H,6-9H2,1-5H3. The molecule has 0 rings (SSSR count). The van der Waals surface area contributed by atoms with E-state index in [0.29, 0.717) is 12.5 Å². The van der Waals surface area contributed by atoms with Crippen LogP contribution in [-0.2, 0) is 9.53 Å². The first-order chi connectivity index (χ1) is 6.52. The summed E-state index contributed by atoms with van der Waals surface area (Å²) in [5.41, 5.74) is -0.292. The summed E-state index contributed by atoms with van der Waals surface area (Å²) in [6.07, 6.45) is 2.97. The first-order valence-electron chi connectivity index (χ1n) is 5.70. The minimum atomic E-state index is -0.292. The number of hydrogen-bond acceptors (Lipinski definition) is 2. The summed E-state index contributed by atoms with van der Waals surface area (Å²) in [5, 5.41) is 0. The van der Waals surface area contributed by atoms with Gasteiger partial charge >= 0.3 is 5.97 Å². The molecule has 0 aliphatic carbocycles. The Labute approximate surface area is 88.0 Å². The molecule has 0 spiro atoms. The van der Waals surface area contributed by atoms with Crippen molar-refractivity contribution in [2.24, 2.45) is 11.3 Å². The van der Waals surface area contributed by atoms with Gasteiger partial charge < -0.3 is 4.74 Å². The van der Waals surface area contributed by atoms with E-state index >= 15 is 0 Å². The van der Waals surface area contributed by atoms with Gasteiger partial charge in [0, 0.05) is 0 Å². The van der Waals surface area contributed by atoms with E-state index < -0.39 is 0 Å². The molecule has 0 saturated carbocycles. The van der Waals surface area contributed by atoms with Crippen LogP contribution in [0.2, 0.25) is 0 Å².